The third kappa shape index (κ3) is 10.0. The molecule has 0 saturated carbocycles. The Bertz CT molecular complexity index is 2360. The Morgan fingerprint density at radius 1 is 0.697 bits per heavy atom. The second kappa shape index (κ2) is 21.3. The van der Waals surface area contributed by atoms with E-state index in [1.165, 1.54) is 14.2 Å². The number of H-pyrrole nitrogens is 2. The number of likely N-dealkylation sites (tertiary alicyclic amines) is 2. The zero-order valence-corrected chi connectivity index (χ0v) is 38.9. The quantitative estimate of drug-likeness (QED) is 0.0592. The van der Waals surface area contributed by atoms with Crippen LogP contribution in [0.3, 0.4) is 0 Å². The van der Waals surface area contributed by atoms with Gasteiger partial charge in [0.2, 0.25) is 11.8 Å². The molecular weight excluding hydrogens is 849 g/mol. The highest BCUT2D eigenvalue weighted by molar-refractivity contribution is 5.88. The van der Waals surface area contributed by atoms with Gasteiger partial charge in [-0.15, -0.1) is 0 Å². The molecule has 4 amide bonds. The molecule has 0 spiro atoms. The number of carbonyl (C=O) groups excluding carboxylic acids is 4. The number of alkyl carbamates (subject to hydrolysis) is 2. The van der Waals surface area contributed by atoms with E-state index in [0.717, 1.165) is 35.2 Å². The highest BCUT2D eigenvalue weighted by Crippen LogP contribution is 2.48. The van der Waals surface area contributed by atoms with Crippen LogP contribution in [0, 0.1) is 17.8 Å². The van der Waals surface area contributed by atoms with Crippen LogP contribution in [-0.2, 0) is 28.5 Å². The van der Waals surface area contributed by atoms with Gasteiger partial charge in [-0.3, -0.25) is 9.59 Å². The predicted molar refractivity (Wildman–Crippen MR) is 244 cm³/mol. The van der Waals surface area contributed by atoms with Gasteiger partial charge in [0.15, 0.2) is 11.5 Å². The smallest absolute Gasteiger partial charge is 0.407 e. The SMILES string of the molecule is COCCOc1c(-c2ccc(-c3cnc(C4C5C=CC(C5)N4C(=O)C(NC(=O)OC)C(C)C)[nH]3)cc2)ccc(-c2cnc(C3CCCN3C(=O)C(NC(=O)OC)C(C)C)[nH]2)c1OCCOC. The maximum atomic E-state index is 14.1. The Hall–Kier alpha value is -6.40. The van der Waals surface area contributed by atoms with Gasteiger partial charge in [0.1, 0.15) is 36.9 Å². The van der Waals surface area contributed by atoms with Crippen molar-refractivity contribution in [2.45, 2.75) is 77.2 Å². The van der Waals surface area contributed by atoms with E-state index in [2.05, 4.69) is 32.8 Å². The molecule has 2 fully saturated rings. The lowest BCUT2D eigenvalue weighted by Crippen LogP contribution is -2.53. The molecule has 2 aromatic heterocycles. The number of rotatable bonds is 19. The lowest BCUT2D eigenvalue weighted by atomic mass is 9.98. The number of imidazole rings is 2. The number of benzene rings is 2. The summed E-state index contributed by atoms with van der Waals surface area (Å²) in [5.74, 6) is 1.68. The fourth-order valence-electron chi connectivity index (χ4n) is 9.10. The van der Waals surface area contributed by atoms with Gasteiger partial charge in [-0.05, 0) is 54.4 Å². The number of aromatic nitrogens is 4. The van der Waals surface area contributed by atoms with Gasteiger partial charge in [-0.2, -0.15) is 0 Å². The number of fused-ring (bicyclic) bond motifs is 2. The van der Waals surface area contributed by atoms with Gasteiger partial charge in [0.05, 0.1) is 69.3 Å². The summed E-state index contributed by atoms with van der Waals surface area (Å²) in [4.78, 5) is 72.4. The average molecular weight is 911 g/mol. The van der Waals surface area contributed by atoms with Crippen molar-refractivity contribution in [3.63, 3.8) is 0 Å². The predicted octanol–water partition coefficient (Wildman–Crippen LogP) is 6.44. The minimum atomic E-state index is -0.756. The summed E-state index contributed by atoms with van der Waals surface area (Å²) in [5.41, 5.74) is 4.71. The van der Waals surface area contributed by atoms with E-state index in [9.17, 15) is 19.2 Å². The number of hydrogen-bond acceptors (Lipinski definition) is 12. The van der Waals surface area contributed by atoms with Crippen LogP contribution in [-0.4, -0.2) is 133 Å². The molecule has 7 rings (SSSR count). The third-order valence-electron chi connectivity index (χ3n) is 12.5. The number of nitrogens with zero attached hydrogens (tertiary/aromatic N) is 4. The molecule has 2 aliphatic heterocycles. The molecule has 2 bridgehead atoms. The molecule has 66 heavy (non-hydrogen) atoms. The van der Waals surface area contributed by atoms with Gasteiger partial charge in [0, 0.05) is 37.8 Å². The van der Waals surface area contributed by atoms with Crippen LogP contribution in [0.1, 0.15) is 70.7 Å². The highest BCUT2D eigenvalue weighted by Gasteiger charge is 2.49. The first kappa shape index (κ1) is 47.6. The highest BCUT2D eigenvalue weighted by atomic mass is 16.6. The van der Waals surface area contributed by atoms with Crippen molar-refractivity contribution in [2.75, 3.05) is 61.4 Å². The number of amides is 4. The number of carbonyl (C=O) groups is 4. The number of ether oxygens (including phenoxy) is 6. The van der Waals surface area contributed by atoms with E-state index in [4.69, 9.17) is 38.4 Å². The van der Waals surface area contributed by atoms with Gasteiger partial charge in [-0.1, -0.05) is 64.1 Å². The molecule has 4 heterocycles. The summed E-state index contributed by atoms with van der Waals surface area (Å²) in [7, 11) is 5.78. The van der Waals surface area contributed by atoms with E-state index < -0.39 is 24.3 Å². The summed E-state index contributed by atoms with van der Waals surface area (Å²) >= 11 is 0. The summed E-state index contributed by atoms with van der Waals surface area (Å²) < 4.78 is 33.3. The minimum Gasteiger partial charge on any atom is -0.487 e. The third-order valence-corrected chi connectivity index (χ3v) is 12.5. The van der Waals surface area contributed by atoms with Crippen molar-refractivity contribution in [2.24, 2.45) is 17.8 Å². The Labute approximate surface area is 385 Å². The van der Waals surface area contributed by atoms with E-state index in [-0.39, 0.29) is 60.9 Å². The molecule has 18 heteroatoms. The summed E-state index contributed by atoms with van der Waals surface area (Å²) in [5, 5.41) is 5.44. The van der Waals surface area contributed by atoms with Crippen LogP contribution in [0.5, 0.6) is 11.5 Å². The van der Waals surface area contributed by atoms with Gasteiger partial charge >= 0.3 is 12.2 Å². The molecule has 2 saturated heterocycles. The largest absolute Gasteiger partial charge is 0.487 e. The first-order valence-electron chi connectivity index (χ1n) is 22.5. The van der Waals surface area contributed by atoms with Crippen LogP contribution in [0.15, 0.2) is 60.9 Å². The van der Waals surface area contributed by atoms with Crippen molar-refractivity contribution in [3.05, 3.63) is 72.6 Å². The van der Waals surface area contributed by atoms with Crippen molar-refractivity contribution in [1.29, 1.82) is 0 Å². The van der Waals surface area contributed by atoms with Gasteiger partial charge in [-0.25, -0.2) is 19.6 Å². The number of hydrogen-bond donors (Lipinski definition) is 4. The second-order valence-corrected chi connectivity index (χ2v) is 17.4. The Morgan fingerprint density at radius 3 is 1.88 bits per heavy atom. The zero-order valence-electron chi connectivity index (χ0n) is 38.9. The summed E-state index contributed by atoms with van der Waals surface area (Å²) in [6.07, 6.45) is 8.68. The molecule has 354 valence electrons. The van der Waals surface area contributed by atoms with E-state index in [1.807, 2.05) is 69.0 Å². The number of methoxy groups -OCH3 is 4. The molecular formula is C48H62N8O10. The van der Waals surface area contributed by atoms with Crippen LogP contribution in [0.4, 0.5) is 9.59 Å². The lowest BCUT2D eigenvalue weighted by molar-refractivity contribution is -0.137. The van der Waals surface area contributed by atoms with E-state index >= 15 is 0 Å². The van der Waals surface area contributed by atoms with Crippen LogP contribution < -0.4 is 20.1 Å². The van der Waals surface area contributed by atoms with Gasteiger partial charge in [0.25, 0.3) is 0 Å². The summed E-state index contributed by atoms with van der Waals surface area (Å²) in [6, 6.07) is 9.71. The molecule has 6 unspecified atom stereocenters. The molecule has 4 aromatic rings. The van der Waals surface area contributed by atoms with Crippen molar-refractivity contribution in [1.82, 2.24) is 40.4 Å². The molecule has 1 aliphatic carbocycles. The topological polar surface area (TPSA) is 212 Å². The fraction of sp³-hybridized carbons (Fsp3) is 0.500. The number of nitrogens with one attached hydrogen (secondary N) is 4. The van der Waals surface area contributed by atoms with Crippen LogP contribution >= 0.6 is 0 Å². The van der Waals surface area contributed by atoms with Crippen LogP contribution in [0.25, 0.3) is 33.6 Å². The normalized spacial score (nSPS) is 19.6. The average Bonchev–Trinajstić information content (AvgIpc) is 4.19. The maximum absolute atomic E-state index is 14.1. The Morgan fingerprint density at radius 2 is 1.26 bits per heavy atom. The zero-order chi connectivity index (χ0) is 47.1. The van der Waals surface area contributed by atoms with Crippen molar-refractivity contribution < 1.29 is 47.6 Å². The molecule has 6 atom stereocenters. The maximum Gasteiger partial charge on any atom is 0.407 e. The van der Waals surface area contributed by atoms with Gasteiger partial charge < -0.3 is 58.8 Å². The molecule has 2 aromatic carbocycles. The minimum absolute atomic E-state index is 0.0837. The Balaban J connectivity index is 1.17. The van der Waals surface area contributed by atoms with E-state index in [0.29, 0.717) is 60.6 Å². The first-order chi connectivity index (χ1) is 31.9. The van der Waals surface area contributed by atoms with Crippen LogP contribution in [0.2, 0.25) is 0 Å². The lowest BCUT2D eigenvalue weighted by Gasteiger charge is -2.35. The second-order valence-electron chi connectivity index (χ2n) is 17.4. The molecule has 18 nitrogen and oxygen atoms in total. The van der Waals surface area contributed by atoms with E-state index in [1.54, 1.807) is 31.5 Å². The number of aromatic amines is 2. The molecule has 0 radical (unpaired) electrons. The Kier molecular flexibility index (Phi) is 15.3. The standard InChI is InChI=1S/C48H62N8O10/c1-27(2)38(53-47(59)63-7)45(57)55-19-9-10-37(55)43-49-26-36(52-43)34-18-17-33(41(65-22-20-61-5)42(34)66-23-21-62-6)29-11-13-30(14-12-29)35-25-50-44(51-35)40-31-15-16-32(24-31)56(40)46(58)39(28(3)4)54-48(60)64-8/h11-18,25-28,31-32,37-40H,9-10,19-24H2,1-8H3,(H,49,52)(H,50,51)(H,53,59)(H,54,60). The van der Waals surface area contributed by atoms with Crippen molar-refractivity contribution >= 4 is 24.0 Å². The monoisotopic (exact) mass is 910 g/mol. The first-order valence-corrected chi connectivity index (χ1v) is 22.5. The molecule has 4 N–H and O–H groups in total. The summed E-state index contributed by atoms with van der Waals surface area (Å²) in [6.45, 7) is 9.25. The molecule has 3 aliphatic rings. The fourth-order valence-corrected chi connectivity index (χ4v) is 9.10. The van der Waals surface area contributed by atoms with Crippen molar-refractivity contribution in [3.8, 4) is 45.1 Å².